The van der Waals surface area contributed by atoms with Gasteiger partial charge < -0.3 is 14.5 Å². The molecule has 0 bridgehead atoms. The molecule has 0 saturated heterocycles. The Morgan fingerprint density at radius 2 is 2.09 bits per heavy atom. The molecule has 0 aliphatic carbocycles. The molecule has 4 rings (SSSR count). The van der Waals surface area contributed by atoms with E-state index < -0.39 is 0 Å². The van der Waals surface area contributed by atoms with Crippen molar-refractivity contribution in [2.45, 2.75) is 32.9 Å². The van der Waals surface area contributed by atoms with Gasteiger partial charge in [0.05, 0.1) is 6.54 Å². The van der Waals surface area contributed by atoms with E-state index in [0.717, 1.165) is 29.1 Å². The molecule has 0 radical (unpaired) electrons. The van der Waals surface area contributed by atoms with E-state index in [1.54, 1.807) is 0 Å². The summed E-state index contributed by atoms with van der Waals surface area (Å²) in [6, 6.07) is 7.74. The lowest BCUT2D eigenvalue weighted by molar-refractivity contribution is 0.0706. The second kappa shape index (κ2) is 5.22. The van der Waals surface area contributed by atoms with E-state index in [-0.39, 0.29) is 5.91 Å². The molecule has 2 aromatic heterocycles. The van der Waals surface area contributed by atoms with E-state index in [1.807, 2.05) is 35.4 Å². The van der Waals surface area contributed by atoms with Crippen LogP contribution < -0.4 is 0 Å². The summed E-state index contributed by atoms with van der Waals surface area (Å²) in [6.45, 7) is 6.19. The van der Waals surface area contributed by atoms with Crippen LogP contribution in [-0.4, -0.2) is 37.1 Å². The molecule has 0 fully saturated rings. The first kappa shape index (κ1) is 14.0. The fraction of sp³-hybridized carbons (Fsp3) is 0.353. The van der Waals surface area contributed by atoms with E-state index in [0.29, 0.717) is 24.6 Å². The Bertz CT molecular complexity index is 876. The molecular weight excluding hydrogens is 290 g/mol. The maximum absolute atomic E-state index is 12.8. The highest BCUT2D eigenvalue weighted by Gasteiger charge is 2.26. The van der Waals surface area contributed by atoms with Crippen LogP contribution in [0.25, 0.3) is 10.9 Å². The maximum Gasteiger partial charge on any atom is 0.254 e. The van der Waals surface area contributed by atoms with Crippen LogP contribution in [-0.2, 0) is 13.1 Å². The van der Waals surface area contributed by atoms with E-state index in [1.165, 1.54) is 0 Å². The van der Waals surface area contributed by atoms with E-state index in [4.69, 9.17) is 0 Å². The number of nitrogens with one attached hydrogen (secondary N) is 1. The first-order valence-corrected chi connectivity index (χ1v) is 7.92. The second-order valence-corrected chi connectivity index (χ2v) is 6.29. The minimum absolute atomic E-state index is 0.0495. The number of rotatable bonds is 2. The zero-order chi connectivity index (χ0) is 16.0. The zero-order valence-electron chi connectivity index (χ0n) is 13.3. The first-order valence-electron chi connectivity index (χ1n) is 7.92. The second-order valence-electron chi connectivity index (χ2n) is 6.29. The molecule has 23 heavy (non-hydrogen) atoms. The van der Waals surface area contributed by atoms with Crippen LogP contribution in [0.5, 0.6) is 0 Å². The lowest BCUT2D eigenvalue weighted by Crippen LogP contribution is -2.38. The van der Waals surface area contributed by atoms with Crippen molar-refractivity contribution in [1.82, 2.24) is 24.6 Å². The van der Waals surface area contributed by atoms with Crippen molar-refractivity contribution in [2.75, 3.05) is 6.54 Å². The third kappa shape index (κ3) is 2.30. The fourth-order valence-corrected chi connectivity index (χ4v) is 3.15. The number of benzene rings is 1. The summed E-state index contributed by atoms with van der Waals surface area (Å²) in [4.78, 5) is 17.8. The molecule has 3 heterocycles. The molecule has 0 atom stereocenters. The van der Waals surface area contributed by atoms with Crippen molar-refractivity contribution in [3.63, 3.8) is 0 Å². The highest BCUT2D eigenvalue weighted by atomic mass is 16.2. The summed E-state index contributed by atoms with van der Waals surface area (Å²) >= 11 is 0. The predicted octanol–water partition coefficient (Wildman–Crippen LogP) is 2.54. The van der Waals surface area contributed by atoms with Crippen LogP contribution in [0.2, 0.25) is 0 Å². The van der Waals surface area contributed by atoms with Gasteiger partial charge in [0.15, 0.2) is 5.82 Å². The number of fused-ring (bicyclic) bond motifs is 2. The van der Waals surface area contributed by atoms with Crippen molar-refractivity contribution < 1.29 is 4.79 Å². The Labute approximate surface area is 134 Å². The quantitative estimate of drug-likeness (QED) is 0.791. The van der Waals surface area contributed by atoms with E-state index >= 15 is 0 Å². The number of carbonyl (C=O) groups excluding carboxylic acids is 1. The minimum Gasteiger partial charge on any atom is -0.361 e. The number of carbonyl (C=O) groups is 1. The monoisotopic (exact) mass is 309 g/mol. The fourth-order valence-electron chi connectivity index (χ4n) is 3.15. The SMILES string of the molecule is CC(C)c1nnc2n1CCN(C(=O)c1ccc3[nH]ccc3c1)C2. The number of H-pyrrole nitrogens is 1. The maximum atomic E-state index is 12.8. The lowest BCUT2D eigenvalue weighted by atomic mass is 10.1. The van der Waals surface area contributed by atoms with Gasteiger partial charge in [-0.05, 0) is 24.3 Å². The molecule has 1 N–H and O–H groups in total. The van der Waals surface area contributed by atoms with Crippen molar-refractivity contribution in [1.29, 1.82) is 0 Å². The number of aromatic amines is 1. The predicted molar refractivity (Wildman–Crippen MR) is 87.2 cm³/mol. The average molecular weight is 309 g/mol. The third-order valence-corrected chi connectivity index (χ3v) is 4.39. The molecule has 118 valence electrons. The molecule has 1 aliphatic rings. The van der Waals surface area contributed by atoms with Crippen LogP contribution in [0.3, 0.4) is 0 Å². The van der Waals surface area contributed by atoms with Crippen molar-refractivity contribution in [2.24, 2.45) is 0 Å². The number of nitrogens with zero attached hydrogens (tertiary/aromatic N) is 4. The number of hydrogen-bond donors (Lipinski definition) is 1. The highest BCUT2D eigenvalue weighted by molar-refractivity contribution is 5.98. The van der Waals surface area contributed by atoms with Crippen molar-refractivity contribution in [3.8, 4) is 0 Å². The van der Waals surface area contributed by atoms with Gasteiger partial charge in [0.1, 0.15) is 5.82 Å². The van der Waals surface area contributed by atoms with Crippen LogP contribution in [0.15, 0.2) is 30.5 Å². The highest BCUT2D eigenvalue weighted by Crippen LogP contribution is 2.21. The Balaban J connectivity index is 1.59. The van der Waals surface area contributed by atoms with Crippen LogP contribution in [0.1, 0.15) is 41.8 Å². The van der Waals surface area contributed by atoms with Crippen LogP contribution in [0, 0.1) is 0 Å². The molecule has 3 aromatic rings. The summed E-state index contributed by atoms with van der Waals surface area (Å²) in [5.41, 5.74) is 1.76. The normalized spacial score (nSPS) is 14.5. The van der Waals surface area contributed by atoms with Gasteiger partial charge >= 0.3 is 0 Å². The zero-order valence-corrected chi connectivity index (χ0v) is 13.3. The van der Waals surface area contributed by atoms with Gasteiger partial charge in [-0.25, -0.2) is 0 Å². The molecule has 1 aliphatic heterocycles. The summed E-state index contributed by atoms with van der Waals surface area (Å²) in [7, 11) is 0. The molecule has 0 saturated carbocycles. The van der Waals surface area contributed by atoms with E-state index in [9.17, 15) is 4.79 Å². The molecule has 0 unspecified atom stereocenters. The topological polar surface area (TPSA) is 66.8 Å². The summed E-state index contributed by atoms with van der Waals surface area (Å²) in [5, 5.41) is 9.58. The van der Waals surface area contributed by atoms with Gasteiger partial charge in [0.25, 0.3) is 5.91 Å². The molecule has 6 nitrogen and oxygen atoms in total. The molecular formula is C17H19N5O. The van der Waals surface area contributed by atoms with Crippen LogP contribution >= 0.6 is 0 Å². The van der Waals surface area contributed by atoms with Gasteiger partial charge in [-0.3, -0.25) is 4.79 Å². The summed E-state index contributed by atoms with van der Waals surface area (Å²) in [5.74, 6) is 2.26. The summed E-state index contributed by atoms with van der Waals surface area (Å²) in [6.07, 6.45) is 1.88. The number of aromatic nitrogens is 4. The lowest BCUT2D eigenvalue weighted by Gasteiger charge is -2.28. The van der Waals surface area contributed by atoms with Gasteiger partial charge in [0, 0.05) is 41.7 Å². The summed E-state index contributed by atoms with van der Waals surface area (Å²) < 4.78 is 2.14. The standard InChI is InChI=1S/C17H19N5O/c1-11(2)16-20-19-15-10-21(7-8-22(15)16)17(23)13-3-4-14-12(9-13)5-6-18-14/h3-6,9,11,18H,7-8,10H2,1-2H3. The number of amides is 1. The minimum atomic E-state index is 0.0495. The van der Waals surface area contributed by atoms with Gasteiger partial charge in [-0.15, -0.1) is 10.2 Å². The van der Waals surface area contributed by atoms with E-state index in [2.05, 4.69) is 33.6 Å². The van der Waals surface area contributed by atoms with Gasteiger partial charge in [-0.2, -0.15) is 0 Å². The largest absolute Gasteiger partial charge is 0.361 e. The molecule has 1 aromatic carbocycles. The molecule has 0 spiro atoms. The number of hydrogen-bond acceptors (Lipinski definition) is 3. The van der Waals surface area contributed by atoms with Crippen molar-refractivity contribution in [3.05, 3.63) is 47.7 Å². The molecule has 6 heteroatoms. The Morgan fingerprint density at radius 3 is 2.91 bits per heavy atom. The Hall–Kier alpha value is -2.63. The van der Waals surface area contributed by atoms with Crippen molar-refractivity contribution >= 4 is 16.8 Å². The van der Waals surface area contributed by atoms with Gasteiger partial charge in [-0.1, -0.05) is 13.8 Å². The third-order valence-electron chi connectivity index (χ3n) is 4.39. The molecule has 1 amide bonds. The van der Waals surface area contributed by atoms with Gasteiger partial charge in [0.2, 0.25) is 0 Å². The smallest absolute Gasteiger partial charge is 0.254 e. The first-order chi connectivity index (χ1) is 11.1. The Morgan fingerprint density at radius 1 is 1.22 bits per heavy atom. The average Bonchev–Trinajstić information content (AvgIpc) is 3.19. The Kier molecular flexibility index (Phi) is 3.18. The van der Waals surface area contributed by atoms with Crippen LogP contribution in [0.4, 0.5) is 0 Å².